The molecule has 0 fully saturated rings. The first-order valence-corrected chi connectivity index (χ1v) is 8.40. The number of nitrogens with zero attached hydrogens (tertiary/aromatic N) is 2. The van der Waals surface area contributed by atoms with Crippen LogP contribution in [-0.4, -0.2) is 54.5 Å². The molecule has 1 aromatic rings. The molecule has 0 spiro atoms. The van der Waals surface area contributed by atoms with Gasteiger partial charge in [0.05, 0.1) is 23.8 Å². The Hall–Kier alpha value is -1.42. The molecule has 0 unspecified atom stereocenters. The quantitative estimate of drug-likeness (QED) is 0.283. The Kier molecular flexibility index (Phi) is 12.2. The molecule has 0 aliphatic carbocycles. The van der Waals surface area contributed by atoms with E-state index in [1.807, 2.05) is 31.1 Å². The van der Waals surface area contributed by atoms with Crippen LogP contribution in [0.25, 0.3) is 0 Å². The summed E-state index contributed by atoms with van der Waals surface area (Å²) >= 11 is 1.68. The minimum Gasteiger partial charge on any atom is -0.464 e. The number of nitrogens with one attached hydrogen (secondary N) is 2. The molecular weight excluding hydrogens is 356 g/mol. The fourth-order valence-electron chi connectivity index (χ4n) is 1.78. The Morgan fingerprint density at radius 2 is 2.04 bits per heavy atom. The van der Waals surface area contributed by atoms with Crippen molar-refractivity contribution in [3.8, 4) is 0 Å². The van der Waals surface area contributed by atoms with Gasteiger partial charge in [-0.25, -0.2) is 0 Å². The SMILES string of the molecule is CN(C)Cc1ccc(CSCCNC(=C[N+](=O)[O-])NCCO)o1.Cl. The van der Waals surface area contributed by atoms with Crippen LogP contribution in [0.3, 0.4) is 0 Å². The van der Waals surface area contributed by atoms with Gasteiger partial charge in [0.1, 0.15) is 11.5 Å². The summed E-state index contributed by atoms with van der Waals surface area (Å²) in [5.41, 5.74) is 0. The number of aliphatic hydroxyl groups is 1. The highest BCUT2D eigenvalue weighted by atomic mass is 35.5. The fraction of sp³-hybridized carbons (Fsp3) is 0.571. The number of hydrogen-bond acceptors (Lipinski definition) is 8. The Morgan fingerprint density at radius 3 is 2.67 bits per heavy atom. The molecule has 0 atom stereocenters. The highest BCUT2D eigenvalue weighted by molar-refractivity contribution is 7.98. The third-order valence-electron chi connectivity index (χ3n) is 2.66. The summed E-state index contributed by atoms with van der Waals surface area (Å²) in [6.45, 7) is 1.53. The second-order valence-electron chi connectivity index (χ2n) is 5.06. The van der Waals surface area contributed by atoms with Crippen LogP contribution in [0.2, 0.25) is 0 Å². The largest absolute Gasteiger partial charge is 0.464 e. The van der Waals surface area contributed by atoms with Crippen molar-refractivity contribution >= 4 is 24.2 Å². The molecule has 1 rings (SSSR count). The standard InChI is InChI=1S/C14H24N4O4S.ClH/c1-17(2)9-12-3-4-13(22-12)11-23-8-6-16-14(10-18(20)21)15-5-7-19;/h3-4,10,15-16,19H,5-9,11H2,1-2H3;1H. The number of halogens is 1. The molecule has 10 heteroatoms. The summed E-state index contributed by atoms with van der Waals surface area (Å²) < 4.78 is 5.70. The zero-order valence-electron chi connectivity index (χ0n) is 13.9. The second kappa shape index (κ2) is 12.9. The Labute approximate surface area is 152 Å². The molecule has 1 aromatic heterocycles. The monoisotopic (exact) mass is 380 g/mol. The molecule has 0 bridgehead atoms. The van der Waals surface area contributed by atoms with Crippen LogP contribution in [0.5, 0.6) is 0 Å². The first-order chi connectivity index (χ1) is 11.0. The number of nitro groups is 1. The van der Waals surface area contributed by atoms with Crippen LogP contribution in [0.15, 0.2) is 28.6 Å². The highest BCUT2D eigenvalue weighted by Crippen LogP contribution is 2.15. The maximum atomic E-state index is 10.5. The summed E-state index contributed by atoms with van der Waals surface area (Å²) in [4.78, 5) is 12.0. The van der Waals surface area contributed by atoms with Crippen LogP contribution in [-0.2, 0) is 12.3 Å². The van der Waals surface area contributed by atoms with E-state index in [0.29, 0.717) is 12.4 Å². The summed E-state index contributed by atoms with van der Waals surface area (Å²) in [6, 6.07) is 3.95. The van der Waals surface area contributed by atoms with Gasteiger partial charge in [0.2, 0.25) is 0 Å². The van der Waals surface area contributed by atoms with E-state index in [1.165, 1.54) is 0 Å². The number of thioether (sulfide) groups is 1. The van der Waals surface area contributed by atoms with E-state index in [4.69, 9.17) is 9.52 Å². The maximum Gasteiger partial charge on any atom is 0.274 e. The van der Waals surface area contributed by atoms with E-state index in [9.17, 15) is 10.1 Å². The van der Waals surface area contributed by atoms with Crippen molar-refractivity contribution in [1.82, 2.24) is 15.5 Å². The van der Waals surface area contributed by atoms with E-state index in [2.05, 4.69) is 10.6 Å². The lowest BCUT2D eigenvalue weighted by atomic mass is 10.4. The zero-order chi connectivity index (χ0) is 17.1. The smallest absolute Gasteiger partial charge is 0.274 e. The maximum absolute atomic E-state index is 10.5. The van der Waals surface area contributed by atoms with E-state index in [0.717, 1.165) is 35.8 Å². The van der Waals surface area contributed by atoms with E-state index < -0.39 is 4.92 Å². The van der Waals surface area contributed by atoms with Crippen molar-refractivity contribution in [2.24, 2.45) is 0 Å². The van der Waals surface area contributed by atoms with Crippen LogP contribution in [0.4, 0.5) is 0 Å². The molecular formula is C14H25ClN4O4S. The average Bonchev–Trinajstić information content (AvgIpc) is 2.90. The van der Waals surface area contributed by atoms with Gasteiger partial charge in [0.15, 0.2) is 5.82 Å². The molecule has 1 heterocycles. The Morgan fingerprint density at radius 1 is 1.38 bits per heavy atom. The molecule has 0 saturated carbocycles. The van der Waals surface area contributed by atoms with Crippen molar-refractivity contribution in [3.05, 3.63) is 45.8 Å². The molecule has 0 radical (unpaired) electrons. The van der Waals surface area contributed by atoms with Gasteiger partial charge < -0.3 is 25.1 Å². The first kappa shape index (κ1) is 22.6. The number of aliphatic hydroxyl groups excluding tert-OH is 1. The lowest BCUT2D eigenvalue weighted by Crippen LogP contribution is -2.30. The van der Waals surface area contributed by atoms with Gasteiger partial charge in [-0.15, -0.1) is 12.4 Å². The summed E-state index contributed by atoms with van der Waals surface area (Å²) in [7, 11) is 3.98. The average molecular weight is 381 g/mol. The van der Waals surface area contributed by atoms with Gasteiger partial charge >= 0.3 is 0 Å². The van der Waals surface area contributed by atoms with E-state index in [-0.39, 0.29) is 25.6 Å². The second-order valence-corrected chi connectivity index (χ2v) is 6.17. The first-order valence-electron chi connectivity index (χ1n) is 7.25. The summed E-state index contributed by atoms with van der Waals surface area (Å²) in [5, 5.41) is 24.9. The predicted molar refractivity (Wildman–Crippen MR) is 97.7 cm³/mol. The third kappa shape index (κ3) is 10.4. The van der Waals surface area contributed by atoms with Gasteiger partial charge in [-0.2, -0.15) is 11.8 Å². The van der Waals surface area contributed by atoms with Crippen LogP contribution in [0, 0.1) is 10.1 Å². The predicted octanol–water partition coefficient (Wildman–Crippen LogP) is 1.24. The lowest BCUT2D eigenvalue weighted by molar-refractivity contribution is -0.404. The molecule has 0 amide bonds. The highest BCUT2D eigenvalue weighted by Gasteiger charge is 2.04. The number of rotatable bonds is 12. The van der Waals surface area contributed by atoms with Gasteiger partial charge in [0, 0.05) is 18.8 Å². The Bertz CT molecular complexity index is 511. The fourth-order valence-corrected chi connectivity index (χ4v) is 2.52. The van der Waals surface area contributed by atoms with Crippen LogP contribution >= 0.6 is 24.2 Å². The third-order valence-corrected chi connectivity index (χ3v) is 3.64. The van der Waals surface area contributed by atoms with Gasteiger partial charge in [0.25, 0.3) is 6.20 Å². The minimum atomic E-state index is -0.533. The van der Waals surface area contributed by atoms with Gasteiger partial charge in [-0.1, -0.05) is 0 Å². The molecule has 0 aromatic carbocycles. The van der Waals surface area contributed by atoms with E-state index >= 15 is 0 Å². The summed E-state index contributed by atoms with van der Waals surface area (Å²) in [5.74, 6) is 3.70. The molecule has 3 N–H and O–H groups in total. The molecule has 0 saturated heterocycles. The van der Waals surface area contributed by atoms with Crippen molar-refractivity contribution in [1.29, 1.82) is 0 Å². The number of hydrogen-bond donors (Lipinski definition) is 3. The molecule has 138 valence electrons. The molecule has 0 aliphatic heterocycles. The van der Waals surface area contributed by atoms with Crippen molar-refractivity contribution in [2.75, 3.05) is 39.5 Å². The normalized spacial score (nSPS) is 11.2. The van der Waals surface area contributed by atoms with Gasteiger partial charge in [-0.3, -0.25) is 10.1 Å². The van der Waals surface area contributed by atoms with Crippen molar-refractivity contribution < 1.29 is 14.4 Å². The number of furan rings is 1. The van der Waals surface area contributed by atoms with Crippen molar-refractivity contribution in [2.45, 2.75) is 12.3 Å². The minimum absolute atomic E-state index is 0. The molecule has 8 nitrogen and oxygen atoms in total. The van der Waals surface area contributed by atoms with Crippen LogP contribution < -0.4 is 10.6 Å². The van der Waals surface area contributed by atoms with Crippen LogP contribution in [0.1, 0.15) is 11.5 Å². The topological polar surface area (TPSA) is 104 Å². The van der Waals surface area contributed by atoms with Crippen molar-refractivity contribution in [3.63, 3.8) is 0 Å². The molecule has 0 aliphatic rings. The molecule has 24 heavy (non-hydrogen) atoms. The zero-order valence-corrected chi connectivity index (χ0v) is 15.5. The van der Waals surface area contributed by atoms with E-state index in [1.54, 1.807) is 11.8 Å². The lowest BCUT2D eigenvalue weighted by Gasteiger charge is -2.09. The van der Waals surface area contributed by atoms with Gasteiger partial charge in [-0.05, 0) is 26.2 Å². The summed E-state index contributed by atoms with van der Waals surface area (Å²) in [6.07, 6.45) is 0.861. The Balaban J connectivity index is 0.00000529.